The fraction of sp³-hybridized carbons (Fsp3) is 0.750. The Kier molecular flexibility index (Phi) is 4.30. The van der Waals surface area contributed by atoms with Crippen LogP contribution < -0.4 is 0 Å². The number of aryl methyl sites for hydroxylation is 2. The van der Waals surface area contributed by atoms with Crippen LogP contribution in [0.4, 0.5) is 0 Å². The summed E-state index contributed by atoms with van der Waals surface area (Å²) < 4.78 is 37.9. The molecule has 0 N–H and O–H groups in total. The second-order valence-electron chi connectivity index (χ2n) is 5.60. The van der Waals surface area contributed by atoms with Crippen molar-refractivity contribution < 1.29 is 17.7 Å². The SMILES string of the molecule is Cc1noc(C)c1S(=O)(=O)N1CC(CBr)OC(C)(C)C1. The van der Waals surface area contributed by atoms with Crippen LogP contribution >= 0.6 is 15.9 Å². The first kappa shape index (κ1) is 15.9. The van der Waals surface area contributed by atoms with E-state index in [2.05, 4.69) is 21.1 Å². The molecule has 6 nitrogen and oxygen atoms in total. The summed E-state index contributed by atoms with van der Waals surface area (Å²) in [6.07, 6.45) is -0.172. The van der Waals surface area contributed by atoms with E-state index in [1.165, 1.54) is 4.31 Å². The zero-order valence-corrected chi connectivity index (χ0v) is 14.4. The molecule has 1 atom stereocenters. The van der Waals surface area contributed by atoms with Crippen LogP contribution in [0.15, 0.2) is 9.42 Å². The number of sulfonamides is 1. The van der Waals surface area contributed by atoms with Crippen LogP contribution in [-0.4, -0.2) is 48.0 Å². The quantitative estimate of drug-likeness (QED) is 0.763. The number of alkyl halides is 1. The van der Waals surface area contributed by atoms with E-state index in [-0.39, 0.29) is 11.0 Å². The first-order valence-electron chi connectivity index (χ1n) is 6.34. The van der Waals surface area contributed by atoms with Crippen LogP contribution in [0.25, 0.3) is 0 Å². The third-order valence-electron chi connectivity index (χ3n) is 3.19. The number of hydrogen-bond acceptors (Lipinski definition) is 5. The molecule has 114 valence electrons. The van der Waals surface area contributed by atoms with Crippen molar-refractivity contribution in [2.45, 2.75) is 44.3 Å². The largest absolute Gasteiger partial charge is 0.369 e. The lowest BCUT2D eigenvalue weighted by Gasteiger charge is -2.41. The number of halogens is 1. The average Bonchev–Trinajstić information content (AvgIpc) is 2.67. The van der Waals surface area contributed by atoms with Gasteiger partial charge in [-0.3, -0.25) is 0 Å². The third kappa shape index (κ3) is 2.93. The predicted octanol–water partition coefficient (Wildman–Crippen LogP) is 1.85. The lowest BCUT2D eigenvalue weighted by Crippen LogP contribution is -2.55. The molecule has 1 fully saturated rings. The van der Waals surface area contributed by atoms with E-state index in [0.29, 0.717) is 29.9 Å². The van der Waals surface area contributed by atoms with Crippen molar-refractivity contribution in [2.75, 3.05) is 18.4 Å². The molecule has 1 aliphatic rings. The van der Waals surface area contributed by atoms with E-state index in [1.807, 2.05) is 13.8 Å². The molecule has 0 spiro atoms. The van der Waals surface area contributed by atoms with Crippen molar-refractivity contribution in [3.8, 4) is 0 Å². The molecule has 0 amide bonds. The van der Waals surface area contributed by atoms with E-state index < -0.39 is 15.6 Å². The van der Waals surface area contributed by atoms with Crippen LogP contribution in [0, 0.1) is 13.8 Å². The highest BCUT2D eigenvalue weighted by molar-refractivity contribution is 9.09. The van der Waals surface area contributed by atoms with E-state index in [4.69, 9.17) is 9.26 Å². The highest BCUT2D eigenvalue weighted by Gasteiger charge is 2.41. The average molecular weight is 367 g/mol. The van der Waals surface area contributed by atoms with Crippen LogP contribution in [0.3, 0.4) is 0 Å². The van der Waals surface area contributed by atoms with Gasteiger partial charge in [-0.15, -0.1) is 0 Å². The summed E-state index contributed by atoms with van der Waals surface area (Å²) in [6, 6.07) is 0. The van der Waals surface area contributed by atoms with Gasteiger partial charge in [0.1, 0.15) is 10.6 Å². The molecule has 0 bridgehead atoms. The first-order valence-corrected chi connectivity index (χ1v) is 8.90. The molecular weight excluding hydrogens is 348 g/mol. The van der Waals surface area contributed by atoms with E-state index in [1.54, 1.807) is 13.8 Å². The predicted molar refractivity (Wildman–Crippen MR) is 77.5 cm³/mol. The van der Waals surface area contributed by atoms with Gasteiger partial charge in [0.15, 0.2) is 5.76 Å². The maximum Gasteiger partial charge on any atom is 0.248 e. The Morgan fingerprint density at radius 3 is 2.60 bits per heavy atom. The lowest BCUT2D eigenvalue weighted by molar-refractivity contribution is -0.106. The molecule has 1 aromatic heterocycles. The van der Waals surface area contributed by atoms with Gasteiger partial charge in [-0.25, -0.2) is 8.42 Å². The number of nitrogens with zero attached hydrogens (tertiary/aromatic N) is 2. The molecule has 1 saturated heterocycles. The van der Waals surface area contributed by atoms with Crippen LogP contribution in [0.2, 0.25) is 0 Å². The van der Waals surface area contributed by atoms with Crippen molar-refractivity contribution in [2.24, 2.45) is 0 Å². The Hall–Kier alpha value is -0.440. The van der Waals surface area contributed by atoms with Crippen LogP contribution in [-0.2, 0) is 14.8 Å². The Morgan fingerprint density at radius 1 is 1.45 bits per heavy atom. The zero-order valence-electron chi connectivity index (χ0n) is 12.0. The van der Waals surface area contributed by atoms with Crippen molar-refractivity contribution in [1.29, 1.82) is 0 Å². The fourth-order valence-corrected chi connectivity index (χ4v) is 4.73. The summed E-state index contributed by atoms with van der Waals surface area (Å²) in [6.45, 7) is 7.65. The van der Waals surface area contributed by atoms with E-state index in [9.17, 15) is 8.42 Å². The van der Waals surface area contributed by atoms with Crippen molar-refractivity contribution in [3.63, 3.8) is 0 Å². The summed E-state index contributed by atoms with van der Waals surface area (Å²) in [5.74, 6) is 0.321. The monoisotopic (exact) mass is 366 g/mol. The summed E-state index contributed by atoms with van der Waals surface area (Å²) >= 11 is 3.36. The molecule has 0 aliphatic carbocycles. The minimum atomic E-state index is -3.62. The molecule has 8 heteroatoms. The molecule has 0 saturated carbocycles. The van der Waals surface area contributed by atoms with Gasteiger partial charge in [0.05, 0.1) is 11.7 Å². The Bertz CT molecular complexity index is 577. The highest BCUT2D eigenvalue weighted by atomic mass is 79.9. The third-order valence-corrected chi connectivity index (χ3v) is 5.97. The first-order chi connectivity index (χ1) is 9.17. The molecule has 20 heavy (non-hydrogen) atoms. The minimum Gasteiger partial charge on any atom is -0.369 e. The van der Waals surface area contributed by atoms with Crippen LogP contribution in [0.5, 0.6) is 0 Å². The molecule has 2 rings (SSSR count). The number of hydrogen-bond donors (Lipinski definition) is 0. The normalized spacial score (nSPS) is 23.9. The Labute approximate surface area is 127 Å². The number of morpholine rings is 1. The van der Waals surface area contributed by atoms with Gasteiger partial charge >= 0.3 is 0 Å². The number of ether oxygens (including phenoxy) is 1. The lowest BCUT2D eigenvalue weighted by atomic mass is 10.1. The Balaban J connectivity index is 2.39. The molecule has 1 aliphatic heterocycles. The molecule has 1 unspecified atom stereocenters. The molecule has 0 aromatic carbocycles. The van der Waals surface area contributed by atoms with Gasteiger partial charge in [0.25, 0.3) is 0 Å². The summed E-state index contributed by atoms with van der Waals surface area (Å²) in [4.78, 5) is 0.170. The maximum atomic E-state index is 12.8. The van der Waals surface area contributed by atoms with Crippen molar-refractivity contribution >= 4 is 26.0 Å². The van der Waals surface area contributed by atoms with Crippen molar-refractivity contribution in [1.82, 2.24) is 9.46 Å². The minimum absolute atomic E-state index is 0.170. The van der Waals surface area contributed by atoms with Gasteiger partial charge < -0.3 is 9.26 Å². The summed E-state index contributed by atoms with van der Waals surface area (Å²) in [5.41, 5.74) is -0.134. The van der Waals surface area contributed by atoms with Gasteiger partial charge in [0.2, 0.25) is 10.0 Å². The fourth-order valence-electron chi connectivity index (χ4n) is 2.48. The van der Waals surface area contributed by atoms with E-state index in [0.717, 1.165) is 0 Å². The zero-order chi connectivity index (χ0) is 15.1. The van der Waals surface area contributed by atoms with Crippen molar-refractivity contribution in [3.05, 3.63) is 11.5 Å². The Morgan fingerprint density at radius 2 is 2.10 bits per heavy atom. The summed E-state index contributed by atoms with van der Waals surface area (Å²) in [5, 5.41) is 4.32. The second-order valence-corrected chi connectivity index (χ2v) is 8.13. The molecular formula is C12H19BrN2O4S. The van der Waals surface area contributed by atoms with E-state index >= 15 is 0 Å². The van der Waals surface area contributed by atoms with Gasteiger partial charge in [-0.2, -0.15) is 4.31 Å². The maximum absolute atomic E-state index is 12.8. The topological polar surface area (TPSA) is 72.6 Å². The smallest absolute Gasteiger partial charge is 0.248 e. The molecule has 2 heterocycles. The standard InChI is InChI=1S/C12H19BrN2O4S/c1-8-11(9(2)19-14-8)20(16,17)15-6-10(5-13)18-12(3,4)7-15/h10H,5-7H2,1-4H3. The summed E-state index contributed by atoms with van der Waals surface area (Å²) in [7, 11) is -3.62. The molecule has 1 aromatic rings. The van der Waals surface area contributed by atoms with Gasteiger partial charge in [0, 0.05) is 18.4 Å². The number of aromatic nitrogens is 1. The highest BCUT2D eigenvalue weighted by Crippen LogP contribution is 2.29. The van der Waals surface area contributed by atoms with Gasteiger partial charge in [-0.1, -0.05) is 21.1 Å². The van der Waals surface area contributed by atoms with Gasteiger partial charge in [-0.05, 0) is 27.7 Å². The molecule has 0 radical (unpaired) electrons. The van der Waals surface area contributed by atoms with Crippen LogP contribution in [0.1, 0.15) is 25.3 Å². The number of rotatable bonds is 3. The second kappa shape index (κ2) is 5.40.